The number of hydrogen-bond donors (Lipinski definition) is 1. The van der Waals surface area contributed by atoms with Gasteiger partial charge in [-0.3, -0.25) is 0 Å². The Morgan fingerprint density at radius 2 is 1.95 bits per heavy atom. The van der Waals surface area contributed by atoms with Crippen LogP contribution in [0.4, 0.5) is 19.0 Å². The zero-order valence-electron chi connectivity index (χ0n) is 12.1. The molecule has 0 aliphatic rings. The Hall–Kier alpha value is -2.57. The number of benzene rings is 1. The van der Waals surface area contributed by atoms with Crippen molar-refractivity contribution in [3.8, 4) is 11.1 Å². The molecule has 0 saturated carbocycles. The molecule has 0 aliphatic carbocycles. The van der Waals surface area contributed by atoms with Gasteiger partial charge in [0.2, 0.25) is 0 Å². The SMILES string of the molecule is CN(C)c1ncc(C(F)(F)F)cc1-c1cccc(C=NN)c1. The maximum absolute atomic E-state index is 12.9. The quantitative estimate of drug-likeness (QED) is 0.538. The summed E-state index contributed by atoms with van der Waals surface area (Å²) in [5.41, 5.74) is 0.917. The van der Waals surface area contributed by atoms with Crippen molar-refractivity contribution in [2.45, 2.75) is 6.18 Å². The largest absolute Gasteiger partial charge is 0.417 e. The zero-order chi connectivity index (χ0) is 16.3. The molecule has 7 heteroatoms. The van der Waals surface area contributed by atoms with Gasteiger partial charge in [0.25, 0.3) is 0 Å². The average molecular weight is 308 g/mol. The molecule has 0 spiro atoms. The van der Waals surface area contributed by atoms with E-state index in [2.05, 4.69) is 10.1 Å². The van der Waals surface area contributed by atoms with Gasteiger partial charge in [0, 0.05) is 25.9 Å². The Kier molecular flexibility index (Phi) is 4.35. The van der Waals surface area contributed by atoms with Crippen molar-refractivity contribution >= 4 is 12.0 Å². The van der Waals surface area contributed by atoms with Crippen molar-refractivity contribution < 1.29 is 13.2 Å². The van der Waals surface area contributed by atoms with Gasteiger partial charge in [-0.1, -0.05) is 18.2 Å². The van der Waals surface area contributed by atoms with E-state index in [1.807, 2.05) is 0 Å². The molecule has 22 heavy (non-hydrogen) atoms. The molecule has 0 amide bonds. The van der Waals surface area contributed by atoms with Crippen LogP contribution in [0.15, 0.2) is 41.6 Å². The fourth-order valence-electron chi connectivity index (χ4n) is 2.05. The van der Waals surface area contributed by atoms with Crippen LogP contribution in [0.25, 0.3) is 11.1 Å². The monoisotopic (exact) mass is 308 g/mol. The van der Waals surface area contributed by atoms with Crippen LogP contribution in [0.3, 0.4) is 0 Å². The predicted octanol–water partition coefficient (Wildman–Crippen LogP) is 3.13. The number of nitrogens with two attached hydrogens (primary N) is 1. The summed E-state index contributed by atoms with van der Waals surface area (Å²) in [5, 5.41) is 3.42. The number of halogens is 3. The van der Waals surface area contributed by atoms with Crippen LogP contribution < -0.4 is 10.7 Å². The predicted molar refractivity (Wildman–Crippen MR) is 80.8 cm³/mol. The van der Waals surface area contributed by atoms with Gasteiger partial charge in [-0.25, -0.2) is 4.98 Å². The summed E-state index contributed by atoms with van der Waals surface area (Å²) >= 11 is 0. The average Bonchev–Trinajstić information content (AvgIpc) is 2.46. The Morgan fingerprint density at radius 1 is 1.23 bits per heavy atom. The first-order valence-electron chi connectivity index (χ1n) is 6.41. The number of hydrazone groups is 1. The molecule has 4 nitrogen and oxygen atoms in total. The van der Waals surface area contributed by atoms with E-state index in [-0.39, 0.29) is 0 Å². The summed E-state index contributed by atoms with van der Waals surface area (Å²) in [5.74, 6) is 5.56. The molecule has 116 valence electrons. The molecular weight excluding hydrogens is 293 g/mol. The Balaban J connectivity index is 2.63. The summed E-state index contributed by atoms with van der Waals surface area (Å²) in [7, 11) is 3.45. The molecule has 0 atom stereocenters. The maximum atomic E-state index is 12.9. The van der Waals surface area contributed by atoms with Crippen LogP contribution >= 0.6 is 0 Å². The number of alkyl halides is 3. The van der Waals surface area contributed by atoms with Crippen LogP contribution in [-0.2, 0) is 6.18 Å². The Labute approximate surface area is 126 Å². The molecule has 1 aromatic heterocycles. The van der Waals surface area contributed by atoms with E-state index in [9.17, 15) is 13.2 Å². The molecule has 1 heterocycles. The van der Waals surface area contributed by atoms with Crippen molar-refractivity contribution in [2.24, 2.45) is 10.9 Å². The van der Waals surface area contributed by atoms with Gasteiger partial charge in [-0.15, -0.1) is 0 Å². The summed E-state index contributed by atoms with van der Waals surface area (Å²) in [6.45, 7) is 0. The van der Waals surface area contributed by atoms with E-state index in [4.69, 9.17) is 5.84 Å². The Bertz CT molecular complexity index is 693. The first-order chi connectivity index (χ1) is 10.3. The standard InChI is InChI=1S/C15H15F3N4/c1-22(2)14-13(7-12(9-20-14)15(16,17)18)11-5-3-4-10(6-11)8-21-19/h3-9H,19H2,1-2H3. The third-order valence-electron chi connectivity index (χ3n) is 3.04. The number of pyridine rings is 1. The minimum Gasteiger partial charge on any atom is -0.362 e. The highest BCUT2D eigenvalue weighted by Crippen LogP contribution is 2.35. The van der Waals surface area contributed by atoms with Crippen molar-refractivity contribution in [2.75, 3.05) is 19.0 Å². The van der Waals surface area contributed by atoms with E-state index in [0.717, 1.165) is 12.3 Å². The van der Waals surface area contributed by atoms with Crippen molar-refractivity contribution in [3.63, 3.8) is 0 Å². The maximum Gasteiger partial charge on any atom is 0.417 e. The topological polar surface area (TPSA) is 54.5 Å². The number of nitrogens with zero attached hydrogens (tertiary/aromatic N) is 3. The molecule has 2 aromatic rings. The normalized spacial score (nSPS) is 11.9. The third-order valence-corrected chi connectivity index (χ3v) is 3.04. The van der Waals surface area contributed by atoms with Crippen LogP contribution in [0.5, 0.6) is 0 Å². The molecule has 2 rings (SSSR count). The Morgan fingerprint density at radius 3 is 2.55 bits per heavy atom. The van der Waals surface area contributed by atoms with Crippen molar-refractivity contribution in [1.82, 2.24) is 4.98 Å². The molecule has 0 bridgehead atoms. The zero-order valence-corrected chi connectivity index (χ0v) is 12.1. The summed E-state index contributed by atoms with van der Waals surface area (Å²) in [4.78, 5) is 5.61. The summed E-state index contributed by atoms with van der Waals surface area (Å²) in [6.07, 6.45) is -2.17. The van der Waals surface area contributed by atoms with Gasteiger partial charge in [0.1, 0.15) is 5.82 Å². The van der Waals surface area contributed by atoms with Gasteiger partial charge >= 0.3 is 6.18 Å². The smallest absolute Gasteiger partial charge is 0.362 e. The third kappa shape index (κ3) is 3.36. The van der Waals surface area contributed by atoms with Crippen LogP contribution in [-0.4, -0.2) is 25.3 Å². The van der Waals surface area contributed by atoms with E-state index in [0.29, 0.717) is 22.5 Å². The molecule has 0 aliphatic heterocycles. The summed E-state index contributed by atoms with van der Waals surface area (Å²) in [6, 6.07) is 8.02. The number of anilines is 1. The van der Waals surface area contributed by atoms with Gasteiger partial charge in [-0.2, -0.15) is 18.3 Å². The lowest BCUT2D eigenvalue weighted by molar-refractivity contribution is -0.137. The summed E-state index contributed by atoms with van der Waals surface area (Å²) < 4.78 is 38.8. The van der Waals surface area contributed by atoms with Gasteiger partial charge < -0.3 is 10.7 Å². The number of hydrogen-bond acceptors (Lipinski definition) is 4. The fraction of sp³-hybridized carbons (Fsp3) is 0.200. The minimum atomic E-state index is -4.44. The highest BCUT2D eigenvalue weighted by atomic mass is 19.4. The lowest BCUT2D eigenvalue weighted by atomic mass is 10.0. The van der Waals surface area contributed by atoms with Crippen LogP contribution in [0.1, 0.15) is 11.1 Å². The molecule has 0 radical (unpaired) electrons. The first-order valence-corrected chi connectivity index (χ1v) is 6.41. The van der Waals surface area contributed by atoms with Gasteiger partial charge in [0.05, 0.1) is 11.8 Å². The lowest BCUT2D eigenvalue weighted by Gasteiger charge is -2.18. The highest BCUT2D eigenvalue weighted by Gasteiger charge is 2.32. The molecule has 0 saturated heterocycles. The first kappa shape index (κ1) is 15.8. The molecule has 0 unspecified atom stereocenters. The highest BCUT2D eigenvalue weighted by molar-refractivity contribution is 5.84. The number of aromatic nitrogens is 1. The molecule has 0 fully saturated rings. The van der Waals surface area contributed by atoms with Crippen molar-refractivity contribution in [3.05, 3.63) is 47.7 Å². The lowest BCUT2D eigenvalue weighted by Crippen LogP contribution is -2.14. The van der Waals surface area contributed by atoms with E-state index in [1.54, 1.807) is 43.3 Å². The van der Waals surface area contributed by atoms with Crippen LogP contribution in [0, 0.1) is 0 Å². The number of rotatable bonds is 3. The van der Waals surface area contributed by atoms with Crippen LogP contribution in [0.2, 0.25) is 0 Å². The minimum absolute atomic E-state index is 0.395. The molecule has 2 N–H and O–H groups in total. The second-order valence-corrected chi connectivity index (χ2v) is 4.89. The van der Waals surface area contributed by atoms with Crippen molar-refractivity contribution in [1.29, 1.82) is 0 Å². The van der Waals surface area contributed by atoms with Gasteiger partial charge in [-0.05, 0) is 23.3 Å². The van der Waals surface area contributed by atoms with E-state index < -0.39 is 11.7 Å². The molecule has 1 aromatic carbocycles. The van der Waals surface area contributed by atoms with E-state index in [1.165, 1.54) is 6.21 Å². The van der Waals surface area contributed by atoms with Gasteiger partial charge in [0.15, 0.2) is 0 Å². The molecular formula is C15H15F3N4. The fourth-order valence-corrected chi connectivity index (χ4v) is 2.05. The van der Waals surface area contributed by atoms with E-state index >= 15 is 0 Å². The second kappa shape index (κ2) is 6.05. The second-order valence-electron chi connectivity index (χ2n) is 4.89.